The average molecular weight is 197 g/mol. The molecule has 0 bridgehead atoms. The van der Waals surface area contributed by atoms with Crippen LogP contribution in [0.1, 0.15) is 17.5 Å². The highest BCUT2D eigenvalue weighted by Gasteiger charge is 2.03. The quantitative estimate of drug-likeness (QED) is 0.782. The van der Waals surface area contributed by atoms with E-state index >= 15 is 0 Å². The Balaban J connectivity index is 2.78. The Morgan fingerprint density at radius 1 is 1.36 bits per heavy atom. The highest BCUT2D eigenvalue weighted by molar-refractivity contribution is 5.27. The Hall–Kier alpha value is -0.930. The maximum atomic E-state index is 12.9. The topological polar surface area (TPSA) is 35.2 Å². The largest absolute Gasteiger partial charge is 0.380 e. The molecule has 0 radical (unpaired) electrons. The van der Waals surface area contributed by atoms with E-state index in [9.17, 15) is 4.39 Å². The van der Waals surface area contributed by atoms with E-state index in [2.05, 4.69) is 0 Å². The first-order valence-electron chi connectivity index (χ1n) is 4.74. The van der Waals surface area contributed by atoms with Gasteiger partial charge in [0.05, 0.1) is 6.61 Å². The maximum Gasteiger partial charge on any atom is 0.123 e. The van der Waals surface area contributed by atoms with Gasteiger partial charge in [-0.05, 0) is 42.6 Å². The molecule has 0 amide bonds. The minimum absolute atomic E-state index is 0.214. The Morgan fingerprint density at radius 2 is 2.14 bits per heavy atom. The fraction of sp³-hybridized carbons (Fsp3) is 0.455. The normalized spacial score (nSPS) is 10.5. The minimum Gasteiger partial charge on any atom is -0.380 e. The number of methoxy groups -OCH3 is 1. The predicted molar refractivity (Wildman–Crippen MR) is 54.5 cm³/mol. The lowest BCUT2D eigenvalue weighted by Gasteiger charge is -2.08. The van der Waals surface area contributed by atoms with Gasteiger partial charge in [0, 0.05) is 7.11 Å². The number of rotatable bonds is 5. The van der Waals surface area contributed by atoms with Gasteiger partial charge in [0.2, 0.25) is 0 Å². The number of aryl methyl sites for hydroxylation is 1. The summed E-state index contributed by atoms with van der Waals surface area (Å²) in [5.74, 6) is -0.214. The molecule has 1 rings (SSSR count). The first kappa shape index (κ1) is 11.1. The van der Waals surface area contributed by atoms with E-state index in [1.807, 2.05) is 0 Å². The summed E-state index contributed by atoms with van der Waals surface area (Å²) >= 11 is 0. The number of benzene rings is 1. The monoisotopic (exact) mass is 197 g/mol. The molecule has 3 heteroatoms. The maximum absolute atomic E-state index is 12.9. The van der Waals surface area contributed by atoms with Crippen molar-refractivity contribution < 1.29 is 9.13 Å². The molecule has 0 aromatic heterocycles. The Bertz CT molecular complexity index is 289. The van der Waals surface area contributed by atoms with Crippen molar-refractivity contribution in [1.29, 1.82) is 0 Å². The third kappa shape index (κ3) is 3.09. The molecule has 0 saturated heterocycles. The summed E-state index contributed by atoms with van der Waals surface area (Å²) in [6, 6.07) is 4.81. The number of ether oxygens (including phenoxy) is 1. The van der Waals surface area contributed by atoms with Crippen molar-refractivity contribution in [2.75, 3.05) is 13.7 Å². The zero-order chi connectivity index (χ0) is 10.4. The molecule has 0 saturated carbocycles. The Labute approximate surface area is 83.9 Å². The molecule has 0 unspecified atom stereocenters. The van der Waals surface area contributed by atoms with Crippen LogP contribution in [0.15, 0.2) is 18.2 Å². The summed E-state index contributed by atoms with van der Waals surface area (Å²) in [4.78, 5) is 0. The molecular weight excluding hydrogens is 181 g/mol. The molecule has 0 aliphatic heterocycles. The third-order valence-electron chi connectivity index (χ3n) is 2.12. The molecule has 14 heavy (non-hydrogen) atoms. The molecule has 1 aromatic rings. The standard InChI is InChI=1S/C11H16FNO/c1-14-8-10-7-11(12)5-4-9(10)3-2-6-13/h4-5,7H,2-3,6,8,13H2,1H3. The first-order valence-corrected chi connectivity index (χ1v) is 4.74. The van der Waals surface area contributed by atoms with Gasteiger partial charge in [0.15, 0.2) is 0 Å². The lowest BCUT2D eigenvalue weighted by molar-refractivity contribution is 0.184. The summed E-state index contributed by atoms with van der Waals surface area (Å²) in [7, 11) is 1.61. The van der Waals surface area contributed by atoms with E-state index in [0.29, 0.717) is 13.2 Å². The van der Waals surface area contributed by atoms with Crippen LogP contribution in [0.3, 0.4) is 0 Å². The van der Waals surface area contributed by atoms with Crippen LogP contribution in [-0.2, 0) is 17.8 Å². The molecule has 2 N–H and O–H groups in total. The van der Waals surface area contributed by atoms with Crippen molar-refractivity contribution in [2.24, 2.45) is 5.73 Å². The summed E-state index contributed by atoms with van der Waals surface area (Å²) in [6.45, 7) is 1.11. The zero-order valence-corrected chi connectivity index (χ0v) is 8.42. The lowest BCUT2D eigenvalue weighted by Crippen LogP contribution is -2.03. The van der Waals surface area contributed by atoms with Gasteiger partial charge in [-0.3, -0.25) is 0 Å². The van der Waals surface area contributed by atoms with Crippen molar-refractivity contribution in [1.82, 2.24) is 0 Å². The zero-order valence-electron chi connectivity index (χ0n) is 8.42. The van der Waals surface area contributed by atoms with Crippen LogP contribution in [0.4, 0.5) is 4.39 Å². The summed E-state index contributed by atoms with van der Waals surface area (Å²) in [5, 5.41) is 0. The summed E-state index contributed by atoms with van der Waals surface area (Å²) in [5.41, 5.74) is 7.47. The van der Waals surface area contributed by atoms with Crippen molar-refractivity contribution in [3.05, 3.63) is 35.1 Å². The molecule has 2 nitrogen and oxygen atoms in total. The van der Waals surface area contributed by atoms with Gasteiger partial charge in [0.25, 0.3) is 0 Å². The van der Waals surface area contributed by atoms with E-state index in [-0.39, 0.29) is 5.82 Å². The van der Waals surface area contributed by atoms with Crippen LogP contribution >= 0.6 is 0 Å². The number of hydrogen-bond donors (Lipinski definition) is 1. The Kier molecular flexibility index (Phi) is 4.56. The summed E-state index contributed by atoms with van der Waals surface area (Å²) in [6.07, 6.45) is 1.80. The third-order valence-corrected chi connectivity index (χ3v) is 2.12. The number of nitrogens with two attached hydrogens (primary N) is 1. The molecular formula is C11H16FNO. The smallest absolute Gasteiger partial charge is 0.123 e. The van der Waals surface area contributed by atoms with Crippen molar-refractivity contribution in [3.8, 4) is 0 Å². The van der Waals surface area contributed by atoms with Crippen LogP contribution in [0.2, 0.25) is 0 Å². The van der Waals surface area contributed by atoms with E-state index in [1.165, 1.54) is 12.1 Å². The fourth-order valence-corrected chi connectivity index (χ4v) is 1.42. The number of hydrogen-bond acceptors (Lipinski definition) is 2. The van der Waals surface area contributed by atoms with Crippen LogP contribution in [0.5, 0.6) is 0 Å². The molecule has 0 spiro atoms. The number of halogens is 1. The van der Waals surface area contributed by atoms with Crippen LogP contribution in [0, 0.1) is 5.82 Å². The van der Waals surface area contributed by atoms with Gasteiger partial charge in [-0.1, -0.05) is 6.07 Å². The van der Waals surface area contributed by atoms with Crippen LogP contribution in [-0.4, -0.2) is 13.7 Å². The van der Waals surface area contributed by atoms with Gasteiger partial charge < -0.3 is 10.5 Å². The molecule has 78 valence electrons. The minimum atomic E-state index is -0.214. The highest BCUT2D eigenvalue weighted by atomic mass is 19.1. The first-order chi connectivity index (χ1) is 6.77. The van der Waals surface area contributed by atoms with Crippen LogP contribution in [0.25, 0.3) is 0 Å². The molecule has 1 aromatic carbocycles. The van der Waals surface area contributed by atoms with E-state index in [0.717, 1.165) is 24.0 Å². The van der Waals surface area contributed by atoms with E-state index in [1.54, 1.807) is 13.2 Å². The molecule has 0 atom stereocenters. The van der Waals surface area contributed by atoms with Gasteiger partial charge >= 0.3 is 0 Å². The van der Waals surface area contributed by atoms with Crippen molar-refractivity contribution >= 4 is 0 Å². The average Bonchev–Trinajstić information content (AvgIpc) is 2.17. The second kappa shape index (κ2) is 5.73. The molecule has 0 aliphatic carbocycles. The predicted octanol–water partition coefficient (Wildman–Crippen LogP) is 1.86. The fourth-order valence-electron chi connectivity index (χ4n) is 1.42. The summed E-state index contributed by atoms with van der Waals surface area (Å²) < 4.78 is 17.9. The van der Waals surface area contributed by atoms with Gasteiger partial charge in [-0.2, -0.15) is 0 Å². The molecule has 0 aliphatic rings. The second-order valence-corrected chi connectivity index (χ2v) is 3.24. The molecule has 0 fully saturated rings. The van der Waals surface area contributed by atoms with Crippen LogP contribution < -0.4 is 5.73 Å². The van der Waals surface area contributed by atoms with Gasteiger partial charge in [-0.25, -0.2) is 4.39 Å². The van der Waals surface area contributed by atoms with E-state index < -0.39 is 0 Å². The highest BCUT2D eigenvalue weighted by Crippen LogP contribution is 2.14. The SMILES string of the molecule is COCc1cc(F)ccc1CCCN. The second-order valence-electron chi connectivity index (χ2n) is 3.24. The van der Waals surface area contributed by atoms with Gasteiger partial charge in [-0.15, -0.1) is 0 Å². The lowest BCUT2D eigenvalue weighted by atomic mass is 10.0. The van der Waals surface area contributed by atoms with Crippen molar-refractivity contribution in [3.63, 3.8) is 0 Å². The van der Waals surface area contributed by atoms with Crippen molar-refractivity contribution in [2.45, 2.75) is 19.4 Å². The van der Waals surface area contributed by atoms with Gasteiger partial charge in [0.1, 0.15) is 5.82 Å². The van der Waals surface area contributed by atoms with E-state index in [4.69, 9.17) is 10.5 Å². The Morgan fingerprint density at radius 3 is 2.79 bits per heavy atom. The molecule has 0 heterocycles.